The van der Waals surface area contributed by atoms with Crippen molar-refractivity contribution in [3.05, 3.63) is 58.6 Å². The molecule has 1 atom stereocenters. The van der Waals surface area contributed by atoms with Crippen LogP contribution in [0.2, 0.25) is 0 Å². The van der Waals surface area contributed by atoms with Gasteiger partial charge in [-0.15, -0.1) is 0 Å². The topological polar surface area (TPSA) is 96.2 Å². The van der Waals surface area contributed by atoms with Gasteiger partial charge in [0.05, 0.1) is 0 Å². The van der Waals surface area contributed by atoms with Crippen molar-refractivity contribution < 1.29 is 24.5 Å². The molecule has 6 nitrogen and oxygen atoms in total. The molecular formula is C18H16BrNO5. The minimum absolute atomic E-state index is 0.254. The Hall–Kier alpha value is -2.67. The van der Waals surface area contributed by atoms with Crippen LogP contribution in [-0.4, -0.2) is 27.9 Å². The maximum atomic E-state index is 11.4. The van der Waals surface area contributed by atoms with Crippen molar-refractivity contribution in [3.8, 4) is 5.75 Å². The molecular weight excluding hydrogens is 390 g/mol. The van der Waals surface area contributed by atoms with Gasteiger partial charge in [-0.2, -0.15) is 0 Å². The second-order valence-electron chi connectivity index (χ2n) is 5.25. The number of aliphatic carboxylic acids is 2. The predicted octanol–water partition coefficient (Wildman–Crippen LogP) is 3.91. The lowest BCUT2D eigenvalue weighted by atomic mass is 10.1. The van der Waals surface area contributed by atoms with E-state index in [1.807, 2.05) is 30.3 Å². The number of carboxylic acids is 2. The van der Waals surface area contributed by atoms with Crippen molar-refractivity contribution in [2.75, 3.05) is 0 Å². The SMILES string of the molecule is CC(C(=O)O)C(=Nc1ccc(Br)cc1OCc1ccccc1)C(=O)O. The summed E-state index contributed by atoms with van der Waals surface area (Å²) >= 11 is 3.33. The average Bonchev–Trinajstić information content (AvgIpc) is 2.59. The summed E-state index contributed by atoms with van der Waals surface area (Å²) in [5.74, 6) is -3.53. The Morgan fingerprint density at radius 2 is 1.84 bits per heavy atom. The Labute approximate surface area is 152 Å². The van der Waals surface area contributed by atoms with E-state index in [0.29, 0.717) is 5.75 Å². The molecule has 0 saturated carbocycles. The van der Waals surface area contributed by atoms with Crippen molar-refractivity contribution >= 4 is 39.3 Å². The highest BCUT2D eigenvalue weighted by atomic mass is 79.9. The number of halogens is 1. The van der Waals surface area contributed by atoms with Gasteiger partial charge in [0.2, 0.25) is 0 Å². The number of nitrogens with zero attached hydrogens (tertiary/aromatic N) is 1. The minimum Gasteiger partial charge on any atom is -0.487 e. The number of benzene rings is 2. The van der Waals surface area contributed by atoms with E-state index >= 15 is 0 Å². The zero-order valence-corrected chi connectivity index (χ0v) is 14.9. The highest BCUT2D eigenvalue weighted by Gasteiger charge is 2.25. The van der Waals surface area contributed by atoms with Gasteiger partial charge in [0, 0.05) is 4.47 Å². The van der Waals surface area contributed by atoms with E-state index < -0.39 is 23.6 Å². The first kappa shape index (κ1) is 18.7. The Morgan fingerprint density at radius 3 is 2.44 bits per heavy atom. The Morgan fingerprint density at radius 1 is 1.16 bits per heavy atom. The molecule has 2 aromatic rings. The van der Waals surface area contributed by atoms with Crippen molar-refractivity contribution in [1.29, 1.82) is 0 Å². The molecule has 0 radical (unpaired) electrons. The van der Waals surface area contributed by atoms with Crippen LogP contribution in [0.4, 0.5) is 5.69 Å². The summed E-state index contributed by atoms with van der Waals surface area (Å²) in [6.45, 7) is 1.55. The van der Waals surface area contributed by atoms with E-state index in [2.05, 4.69) is 20.9 Å². The Kier molecular flexibility index (Phi) is 6.30. The standard InChI is InChI=1S/C18H16BrNO5/c1-11(17(21)22)16(18(23)24)20-14-8-7-13(19)9-15(14)25-10-12-5-3-2-4-6-12/h2-9,11H,10H2,1H3,(H,21,22)(H,23,24). The molecule has 0 fully saturated rings. The summed E-state index contributed by atoms with van der Waals surface area (Å²) in [6.07, 6.45) is 0. The molecule has 0 aliphatic carbocycles. The normalized spacial score (nSPS) is 12.5. The third-order valence-corrected chi connectivity index (χ3v) is 3.89. The molecule has 0 spiro atoms. The summed E-state index contributed by atoms with van der Waals surface area (Å²) in [4.78, 5) is 26.5. The molecule has 2 rings (SSSR count). The smallest absolute Gasteiger partial charge is 0.351 e. The number of hydrogen-bond acceptors (Lipinski definition) is 4. The number of aliphatic imine (C=N–C) groups is 1. The van der Waals surface area contributed by atoms with E-state index in [-0.39, 0.29) is 12.3 Å². The van der Waals surface area contributed by atoms with E-state index in [9.17, 15) is 14.7 Å². The number of carbonyl (C=O) groups is 2. The van der Waals surface area contributed by atoms with Crippen molar-refractivity contribution in [2.45, 2.75) is 13.5 Å². The maximum absolute atomic E-state index is 11.4. The van der Waals surface area contributed by atoms with Crippen LogP contribution in [0.15, 0.2) is 58.0 Å². The molecule has 7 heteroatoms. The van der Waals surface area contributed by atoms with Crippen molar-refractivity contribution in [2.24, 2.45) is 10.9 Å². The molecule has 0 aliphatic rings. The molecule has 1 unspecified atom stereocenters. The molecule has 25 heavy (non-hydrogen) atoms. The predicted molar refractivity (Wildman–Crippen MR) is 96.4 cm³/mol. The highest BCUT2D eigenvalue weighted by molar-refractivity contribution is 9.10. The molecule has 0 aromatic heterocycles. The Bertz CT molecular complexity index is 804. The van der Waals surface area contributed by atoms with Gasteiger partial charge in [-0.1, -0.05) is 46.3 Å². The van der Waals surface area contributed by atoms with Gasteiger partial charge in [0.25, 0.3) is 0 Å². The van der Waals surface area contributed by atoms with Crippen LogP contribution in [0.25, 0.3) is 0 Å². The number of carboxylic acid groups (broad SMARTS) is 2. The lowest BCUT2D eigenvalue weighted by molar-refractivity contribution is -0.140. The lowest BCUT2D eigenvalue weighted by Crippen LogP contribution is -2.27. The number of rotatable bonds is 7. The fourth-order valence-electron chi connectivity index (χ4n) is 2.01. The van der Waals surface area contributed by atoms with Crippen LogP contribution in [0, 0.1) is 5.92 Å². The van der Waals surface area contributed by atoms with E-state index in [1.165, 1.54) is 6.92 Å². The number of hydrogen-bond donors (Lipinski definition) is 2. The van der Waals surface area contributed by atoms with Crippen LogP contribution in [0.3, 0.4) is 0 Å². The monoisotopic (exact) mass is 405 g/mol. The highest BCUT2D eigenvalue weighted by Crippen LogP contribution is 2.32. The van der Waals surface area contributed by atoms with Gasteiger partial charge in [-0.05, 0) is 30.7 Å². The van der Waals surface area contributed by atoms with Crippen molar-refractivity contribution in [3.63, 3.8) is 0 Å². The first-order valence-electron chi connectivity index (χ1n) is 7.39. The fraction of sp³-hybridized carbons (Fsp3) is 0.167. The summed E-state index contributed by atoms with van der Waals surface area (Å²) in [6, 6.07) is 14.4. The lowest BCUT2D eigenvalue weighted by Gasteiger charge is -2.12. The second kappa shape index (κ2) is 8.43. The summed E-state index contributed by atoms with van der Waals surface area (Å²) in [5, 5.41) is 18.3. The third-order valence-electron chi connectivity index (χ3n) is 3.40. The van der Waals surface area contributed by atoms with E-state index in [4.69, 9.17) is 9.84 Å². The quantitative estimate of drug-likeness (QED) is 0.680. The van der Waals surface area contributed by atoms with Crippen LogP contribution in [0.5, 0.6) is 5.75 Å². The molecule has 130 valence electrons. The van der Waals surface area contributed by atoms with E-state index in [0.717, 1.165) is 10.0 Å². The van der Waals surface area contributed by atoms with Crippen LogP contribution < -0.4 is 4.74 Å². The van der Waals surface area contributed by atoms with E-state index in [1.54, 1.807) is 18.2 Å². The first-order valence-corrected chi connectivity index (χ1v) is 8.18. The molecule has 0 amide bonds. The van der Waals surface area contributed by atoms with Gasteiger partial charge in [-0.25, -0.2) is 9.79 Å². The van der Waals surface area contributed by atoms with Gasteiger partial charge < -0.3 is 14.9 Å². The summed E-state index contributed by atoms with van der Waals surface area (Å²) in [5.41, 5.74) is 0.735. The van der Waals surface area contributed by atoms with Gasteiger partial charge in [0.1, 0.15) is 29.7 Å². The minimum atomic E-state index is -1.38. The molecule has 0 aliphatic heterocycles. The first-order chi connectivity index (χ1) is 11.9. The molecule has 0 heterocycles. The molecule has 2 aromatic carbocycles. The molecule has 0 saturated heterocycles. The van der Waals surface area contributed by atoms with Crippen LogP contribution in [0.1, 0.15) is 12.5 Å². The number of ether oxygens (including phenoxy) is 1. The zero-order valence-electron chi connectivity index (χ0n) is 13.3. The third kappa shape index (κ3) is 5.15. The van der Waals surface area contributed by atoms with Gasteiger partial charge in [0.15, 0.2) is 0 Å². The van der Waals surface area contributed by atoms with Crippen molar-refractivity contribution in [1.82, 2.24) is 0 Å². The summed E-state index contributed by atoms with van der Waals surface area (Å²) < 4.78 is 6.48. The zero-order chi connectivity index (χ0) is 18.4. The molecule has 0 bridgehead atoms. The second-order valence-corrected chi connectivity index (χ2v) is 6.16. The largest absolute Gasteiger partial charge is 0.487 e. The maximum Gasteiger partial charge on any atom is 0.351 e. The average molecular weight is 406 g/mol. The Balaban J connectivity index is 2.35. The summed E-state index contributed by atoms with van der Waals surface area (Å²) in [7, 11) is 0. The fourth-order valence-corrected chi connectivity index (χ4v) is 2.35. The van der Waals surface area contributed by atoms with Gasteiger partial charge >= 0.3 is 11.9 Å². The van der Waals surface area contributed by atoms with Crippen LogP contribution >= 0.6 is 15.9 Å². The molecule has 2 N–H and O–H groups in total. The van der Waals surface area contributed by atoms with Crippen LogP contribution in [-0.2, 0) is 16.2 Å². The van der Waals surface area contributed by atoms with Gasteiger partial charge in [-0.3, -0.25) is 4.79 Å².